The number of ether oxygens (including phenoxy) is 1. The Labute approximate surface area is 234 Å². The Morgan fingerprint density at radius 3 is 2.51 bits per heavy atom. The number of amides is 2. The third-order valence-electron chi connectivity index (χ3n) is 6.95. The molecule has 4 aromatic rings. The van der Waals surface area contributed by atoms with E-state index in [-0.39, 0.29) is 6.42 Å². The number of carbonyl (C=O) groups is 3. The molecule has 0 radical (unpaired) electrons. The zero-order valence-electron chi connectivity index (χ0n) is 21.1. The summed E-state index contributed by atoms with van der Waals surface area (Å²) in [4.78, 5) is 45.2. The minimum atomic E-state index is -1.56. The van der Waals surface area contributed by atoms with Gasteiger partial charge in [0.05, 0.1) is 0 Å². The van der Waals surface area contributed by atoms with Gasteiger partial charge in [0.2, 0.25) is 12.1 Å². The van der Waals surface area contributed by atoms with Gasteiger partial charge in [-0.05, 0) is 35.9 Å². The summed E-state index contributed by atoms with van der Waals surface area (Å²) in [6.45, 7) is 1.22. The third kappa shape index (κ3) is 4.98. The first-order valence-electron chi connectivity index (χ1n) is 12.2. The molecule has 3 aromatic carbocycles. The van der Waals surface area contributed by atoms with Crippen molar-refractivity contribution in [3.63, 3.8) is 0 Å². The predicted octanol–water partition coefficient (Wildman–Crippen LogP) is 5.43. The van der Waals surface area contributed by atoms with Crippen LogP contribution >= 0.6 is 23.2 Å². The lowest BCUT2D eigenvalue weighted by atomic mass is 9.99. The first-order valence-corrected chi connectivity index (χ1v) is 13.0. The number of nitrogens with zero attached hydrogens (tertiary/aromatic N) is 2. The van der Waals surface area contributed by atoms with Crippen molar-refractivity contribution < 1.29 is 24.2 Å². The molecule has 0 aliphatic carbocycles. The average molecular weight is 566 g/mol. The molecule has 1 aromatic heterocycles. The molecule has 5 rings (SSSR count). The quantitative estimate of drug-likeness (QED) is 0.324. The molecule has 200 valence electrons. The van der Waals surface area contributed by atoms with Crippen LogP contribution in [-0.4, -0.2) is 52.1 Å². The standard InChI is InChI=1S/C29H25Cl2N3O5/c1-16(35)34(25(29(37)38)13-17-15-32-23-10-6-4-7-19(17)23)28-27(36)33(2)24-12-11-18(30)14-21(24)26(39-28)20-8-3-5-9-22(20)31/h3-12,14-15,25-26,28,32H,13H2,1-2H3,(H,37,38)/t25-,26-,28+/m0/s1. The number of carboxylic acid groups (broad SMARTS) is 1. The minimum absolute atomic E-state index is 0.0503. The van der Waals surface area contributed by atoms with Gasteiger partial charge in [-0.2, -0.15) is 0 Å². The highest BCUT2D eigenvalue weighted by Crippen LogP contribution is 2.42. The van der Waals surface area contributed by atoms with E-state index in [0.717, 1.165) is 15.8 Å². The van der Waals surface area contributed by atoms with Crippen LogP contribution in [0.3, 0.4) is 0 Å². The van der Waals surface area contributed by atoms with E-state index in [1.807, 2.05) is 24.3 Å². The number of hydrogen-bond donors (Lipinski definition) is 2. The minimum Gasteiger partial charge on any atom is -0.480 e. The van der Waals surface area contributed by atoms with Gasteiger partial charge in [-0.25, -0.2) is 4.79 Å². The Balaban J connectivity index is 1.63. The van der Waals surface area contributed by atoms with Gasteiger partial charge in [0.15, 0.2) is 0 Å². The Bertz CT molecular complexity index is 1590. The molecular formula is C29H25Cl2N3O5. The summed E-state index contributed by atoms with van der Waals surface area (Å²) in [5, 5.41) is 12.0. The number of aliphatic carboxylic acids is 1. The first-order chi connectivity index (χ1) is 18.7. The highest BCUT2D eigenvalue weighted by atomic mass is 35.5. The van der Waals surface area contributed by atoms with E-state index >= 15 is 0 Å². The molecule has 0 unspecified atom stereocenters. The maximum atomic E-state index is 13.9. The van der Waals surface area contributed by atoms with Crippen molar-refractivity contribution in [3.8, 4) is 0 Å². The van der Waals surface area contributed by atoms with E-state index in [1.165, 1.54) is 11.8 Å². The van der Waals surface area contributed by atoms with Crippen LogP contribution in [0.5, 0.6) is 0 Å². The van der Waals surface area contributed by atoms with Crippen molar-refractivity contribution >= 4 is 57.6 Å². The second kappa shape index (κ2) is 10.7. The lowest BCUT2D eigenvalue weighted by Crippen LogP contribution is -2.57. The van der Waals surface area contributed by atoms with Crippen LogP contribution in [0.1, 0.15) is 29.7 Å². The van der Waals surface area contributed by atoms with E-state index in [0.29, 0.717) is 32.4 Å². The number of H-pyrrole nitrogens is 1. The highest BCUT2D eigenvalue weighted by Gasteiger charge is 2.44. The SMILES string of the molecule is CC(=O)N([C@@H]1O[C@@H](c2ccccc2Cl)c2cc(Cl)ccc2N(C)C1=O)[C@@H](Cc1c[nH]c2ccccc12)C(=O)O. The van der Waals surface area contributed by atoms with Crippen LogP contribution in [0.2, 0.25) is 10.0 Å². The van der Waals surface area contributed by atoms with Crippen LogP contribution in [0.4, 0.5) is 5.69 Å². The number of aromatic nitrogens is 1. The van der Waals surface area contributed by atoms with Crippen molar-refractivity contribution in [2.45, 2.75) is 31.7 Å². The molecule has 0 saturated heterocycles. The average Bonchev–Trinajstić information content (AvgIpc) is 3.28. The number of carbonyl (C=O) groups excluding carboxylic acids is 2. The van der Waals surface area contributed by atoms with Crippen LogP contribution < -0.4 is 4.90 Å². The molecule has 2 N–H and O–H groups in total. The van der Waals surface area contributed by atoms with Gasteiger partial charge in [-0.15, -0.1) is 0 Å². The third-order valence-corrected chi connectivity index (χ3v) is 7.53. The molecule has 2 amide bonds. The van der Waals surface area contributed by atoms with Crippen LogP contribution in [0, 0.1) is 0 Å². The number of para-hydroxylation sites is 1. The van der Waals surface area contributed by atoms with Gasteiger partial charge in [0.1, 0.15) is 12.1 Å². The van der Waals surface area contributed by atoms with E-state index in [4.69, 9.17) is 27.9 Å². The fourth-order valence-corrected chi connectivity index (χ4v) is 5.48. The molecule has 0 saturated carbocycles. The Kier molecular flexibility index (Phi) is 7.36. The smallest absolute Gasteiger partial charge is 0.326 e. The number of anilines is 1. The maximum absolute atomic E-state index is 13.9. The molecule has 2 heterocycles. The Morgan fingerprint density at radius 2 is 1.79 bits per heavy atom. The maximum Gasteiger partial charge on any atom is 0.326 e. The van der Waals surface area contributed by atoms with Crippen molar-refractivity contribution in [2.24, 2.45) is 0 Å². The molecule has 39 heavy (non-hydrogen) atoms. The lowest BCUT2D eigenvalue weighted by Gasteiger charge is -2.36. The Hall–Kier alpha value is -3.85. The number of benzene rings is 3. The fraction of sp³-hybridized carbons (Fsp3) is 0.207. The van der Waals surface area contributed by atoms with Gasteiger partial charge in [0.25, 0.3) is 5.91 Å². The molecule has 0 fully saturated rings. The normalized spacial score (nSPS) is 17.9. The summed E-state index contributed by atoms with van der Waals surface area (Å²) in [5.74, 6) is -2.50. The summed E-state index contributed by atoms with van der Waals surface area (Å²) in [6.07, 6.45) is -0.821. The van der Waals surface area contributed by atoms with Crippen LogP contribution in [-0.2, 0) is 25.5 Å². The van der Waals surface area contributed by atoms with Crippen molar-refractivity contribution in [3.05, 3.63) is 99.7 Å². The number of rotatable bonds is 6. The number of likely N-dealkylation sites (N-methyl/N-ethyl adjacent to an activating group) is 1. The van der Waals surface area contributed by atoms with Gasteiger partial charge in [0, 0.05) is 64.4 Å². The number of fused-ring (bicyclic) bond motifs is 2. The Morgan fingerprint density at radius 1 is 1.08 bits per heavy atom. The lowest BCUT2D eigenvalue weighted by molar-refractivity contribution is -0.172. The van der Waals surface area contributed by atoms with Crippen molar-refractivity contribution in [1.82, 2.24) is 9.88 Å². The number of halogens is 2. The van der Waals surface area contributed by atoms with E-state index in [9.17, 15) is 19.5 Å². The molecule has 0 spiro atoms. The van der Waals surface area contributed by atoms with E-state index in [1.54, 1.807) is 55.7 Å². The van der Waals surface area contributed by atoms with Crippen LogP contribution in [0.15, 0.2) is 72.9 Å². The molecule has 3 atom stereocenters. The summed E-state index contributed by atoms with van der Waals surface area (Å²) in [6, 6.07) is 18.0. The van der Waals surface area contributed by atoms with Gasteiger partial charge in [-0.3, -0.25) is 14.5 Å². The predicted molar refractivity (Wildman–Crippen MR) is 149 cm³/mol. The number of nitrogens with one attached hydrogen (secondary N) is 1. The van der Waals surface area contributed by atoms with E-state index in [2.05, 4.69) is 4.98 Å². The van der Waals surface area contributed by atoms with Gasteiger partial charge < -0.3 is 19.7 Å². The molecule has 10 heteroatoms. The number of hydrogen-bond acceptors (Lipinski definition) is 4. The molecule has 1 aliphatic rings. The number of aromatic amines is 1. The monoisotopic (exact) mass is 565 g/mol. The van der Waals surface area contributed by atoms with Crippen molar-refractivity contribution in [1.29, 1.82) is 0 Å². The van der Waals surface area contributed by atoms with Crippen LogP contribution in [0.25, 0.3) is 10.9 Å². The second-order valence-electron chi connectivity index (χ2n) is 9.33. The first kappa shape index (κ1) is 26.7. The fourth-order valence-electron chi connectivity index (χ4n) is 5.06. The summed E-state index contributed by atoms with van der Waals surface area (Å²) >= 11 is 12.9. The summed E-state index contributed by atoms with van der Waals surface area (Å²) < 4.78 is 6.40. The molecule has 0 bridgehead atoms. The van der Waals surface area contributed by atoms with Crippen molar-refractivity contribution in [2.75, 3.05) is 11.9 Å². The summed E-state index contributed by atoms with van der Waals surface area (Å²) in [7, 11) is 1.55. The molecule has 1 aliphatic heterocycles. The topological polar surface area (TPSA) is 103 Å². The van der Waals surface area contributed by atoms with E-state index < -0.39 is 36.2 Å². The highest BCUT2D eigenvalue weighted by molar-refractivity contribution is 6.31. The molecule has 8 nitrogen and oxygen atoms in total. The zero-order chi connectivity index (χ0) is 27.8. The largest absolute Gasteiger partial charge is 0.480 e. The summed E-state index contributed by atoms with van der Waals surface area (Å²) in [5.41, 5.74) is 3.13. The molecular weight excluding hydrogens is 541 g/mol. The van der Waals surface area contributed by atoms with Gasteiger partial charge in [-0.1, -0.05) is 59.6 Å². The number of carboxylic acids is 1. The zero-order valence-corrected chi connectivity index (χ0v) is 22.6. The second-order valence-corrected chi connectivity index (χ2v) is 10.2. The van der Waals surface area contributed by atoms with Gasteiger partial charge >= 0.3 is 5.97 Å².